The number of aromatic nitrogens is 1. The SMILES string of the molecule is COc1ccc(-c2nc(CC(=O)Oc3ccc4c(c3)OCO4)cs2)cc1OC. The number of thiazole rings is 1. The Morgan fingerprint density at radius 2 is 1.89 bits per heavy atom. The van der Waals surface area contributed by atoms with Crippen molar-refractivity contribution in [3.05, 3.63) is 47.5 Å². The van der Waals surface area contributed by atoms with E-state index in [1.807, 2.05) is 23.6 Å². The molecule has 0 saturated heterocycles. The molecule has 0 saturated carbocycles. The van der Waals surface area contributed by atoms with E-state index in [4.69, 9.17) is 23.7 Å². The van der Waals surface area contributed by atoms with Crippen LogP contribution in [-0.4, -0.2) is 32.0 Å². The maximum absolute atomic E-state index is 12.2. The number of fused-ring (bicyclic) bond motifs is 1. The summed E-state index contributed by atoms with van der Waals surface area (Å²) >= 11 is 1.45. The Morgan fingerprint density at radius 3 is 2.71 bits per heavy atom. The van der Waals surface area contributed by atoms with Crippen LogP contribution in [0, 0.1) is 0 Å². The van der Waals surface area contributed by atoms with Crippen LogP contribution >= 0.6 is 11.3 Å². The van der Waals surface area contributed by atoms with Gasteiger partial charge < -0.3 is 23.7 Å². The summed E-state index contributed by atoms with van der Waals surface area (Å²) in [6, 6.07) is 10.6. The van der Waals surface area contributed by atoms with Crippen LogP contribution in [-0.2, 0) is 11.2 Å². The van der Waals surface area contributed by atoms with Crippen molar-refractivity contribution >= 4 is 17.3 Å². The van der Waals surface area contributed by atoms with Crippen LogP contribution in [0.5, 0.6) is 28.7 Å². The van der Waals surface area contributed by atoms with Crippen molar-refractivity contribution in [2.24, 2.45) is 0 Å². The highest BCUT2D eigenvalue weighted by Crippen LogP contribution is 2.36. The number of carbonyl (C=O) groups excluding carboxylic acids is 1. The average molecular weight is 399 g/mol. The molecule has 0 bridgehead atoms. The minimum atomic E-state index is -0.400. The largest absolute Gasteiger partial charge is 0.493 e. The van der Waals surface area contributed by atoms with Crippen molar-refractivity contribution in [2.45, 2.75) is 6.42 Å². The average Bonchev–Trinajstić information content (AvgIpc) is 3.36. The first-order valence-electron chi connectivity index (χ1n) is 8.43. The van der Waals surface area contributed by atoms with Crippen molar-refractivity contribution in [3.8, 4) is 39.3 Å². The normalized spacial score (nSPS) is 11.9. The molecule has 144 valence electrons. The molecule has 0 fully saturated rings. The molecule has 28 heavy (non-hydrogen) atoms. The number of esters is 1. The lowest BCUT2D eigenvalue weighted by atomic mass is 10.2. The van der Waals surface area contributed by atoms with E-state index >= 15 is 0 Å². The molecule has 0 spiro atoms. The predicted molar refractivity (Wildman–Crippen MR) is 103 cm³/mol. The Labute approximate surface area is 165 Å². The van der Waals surface area contributed by atoms with E-state index in [9.17, 15) is 4.79 Å². The molecule has 1 aromatic heterocycles. The third kappa shape index (κ3) is 3.72. The molecule has 1 aliphatic rings. The van der Waals surface area contributed by atoms with Gasteiger partial charge in [-0.1, -0.05) is 0 Å². The summed E-state index contributed by atoms with van der Waals surface area (Å²) in [5.41, 5.74) is 1.53. The van der Waals surface area contributed by atoms with Crippen molar-refractivity contribution in [2.75, 3.05) is 21.0 Å². The Morgan fingerprint density at radius 1 is 1.07 bits per heavy atom. The second-order valence-corrected chi connectivity index (χ2v) is 6.74. The maximum atomic E-state index is 12.2. The van der Waals surface area contributed by atoms with Gasteiger partial charge in [-0.2, -0.15) is 0 Å². The Kier molecular flexibility index (Phi) is 5.03. The fourth-order valence-electron chi connectivity index (χ4n) is 2.75. The lowest BCUT2D eigenvalue weighted by molar-refractivity contribution is -0.133. The van der Waals surface area contributed by atoms with E-state index in [0.717, 1.165) is 10.6 Å². The number of ether oxygens (including phenoxy) is 5. The molecule has 0 N–H and O–H groups in total. The van der Waals surface area contributed by atoms with E-state index in [0.29, 0.717) is 34.4 Å². The molecule has 0 amide bonds. The fraction of sp³-hybridized carbons (Fsp3) is 0.200. The quantitative estimate of drug-likeness (QED) is 0.462. The van der Waals surface area contributed by atoms with Gasteiger partial charge >= 0.3 is 5.97 Å². The van der Waals surface area contributed by atoms with Crippen molar-refractivity contribution < 1.29 is 28.5 Å². The molecule has 8 heteroatoms. The Balaban J connectivity index is 1.44. The number of nitrogens with zero attached hydrogens (tertiary/aromatic N) is 1. The van der Waals surface area contributed by atoms with Crippen molar-refractivity contribution in [1.82, 2.24) is 4.98 Å². The van der Waals surface area contributed by atoms with Crippen molar-refractivity contribution in [3.63, 3.8) is 0 Å². The van der Waals surface area contributed by atoms with Gasteiger partial charge in [-0.3, -0.25) is 4.79 Å². The zero-order chi connectivity index (χ0) is 19.5. The first-order valence-corrected chi connectivity index (χ1v) is 9.31. The maximum Gasteiger partial charge on any atom is 0.317 e. The molecule has 0 aliphatic carbocycles. The van der Waals surface area contributed by atoms with E-state index in [-0.39, 0.29) is 13.2 Å². The molecule has 0 atom stereocenters. The highest BCUT2D eigenvalue weighted by atomic mass is 32.1. The van der Waals surface area contributed by atoms with Crippen LogP contribution in [0.25, 0.3) is 10.6 Å². The van der Waals surface area contributed by atoms with Gasteiger partial charge in [-0.25, -0.2) is 4.98 Å². The van der Waals surface area contributed by atoms with Crippen LogP contribution in [0.1, 0.15) is 5.69 Å². The summed E-state index contributed by atoms with van der Waals surface area (Å²) in [6.45, 7) is 0.171. The molecular formula is C20H17NO6S. The smallest absolute Gasteiger partial charge is 0.317 e. The van der Waals surface area contributed by atoms with Gasteiger partial charge in [0.05, 0.1) is 26.3 Å². The van der Waals surface area contributed by atoms with E-state index < -0.39 is 5.97 Å². The molecule has 1 aliphatic heterocycles. The molecule has 2 heterocycles. The summed E-state index contributed by atoms with van der Waals surface area (Å²) in [4.78, 5) is 16.8. The Bertz CT molecular complexity index is 1020. The van der Waals surface area contributed by atoms with Gasteiger partial charge in [0.2, 0.25) is 6.79 Å². The monoisotopic (exact) mass is 399 g/mol. The number of hydrogen-bond acceptors (Lipinski definition) is 8. The van der Waals surface area contributed by atoms with Gasteiger partial charge in [0, 0.05) is 17.0 Å². The molecule has 2 aromatic carbocycles. The number of hydrogen-bond donors (Lipinski definition) is 0. The zero-order valence-electron chi connectivity index (χ0n) is 15.3. The van der Waals surface area contributed by atoms with Crippen LogP contribution in [0.15, 0.2) is 41.8 Å². The van der Waals surface area contributed by atoms with Gasteiger partial charge in [-0.15, -0.1) is 11.3 Å². The van der Waals surface area contributed by atoms with Crippen LogP contribution < -0.4 is 23.7 Å². The Hall–Kier alpha value is -3.26. The van der Waals surface area contributed by atoms with Gasteiger partial charge in [0.15, 0.2) is 23.0 Å². The highest BCUT2D eigenvalue weighted by molar-refractivity contribution is 7.13. The second-order valence-electron chi connectivity index (χ2n) is 5.88. The number of rotatable bonds is 6. The second kappa shape index (κ2) is 7.77. The number of benzene rings is 2. The number of methoxy groups -OCH3 is 2. The van der Waals surface area contributed by atoms with E-state index in [1.165, 1.54) is 11.3 Å². The molecule has 3 aromatic rings. The van der Waals surface area contributed by atoms with Crippen LogP contribution in [0.3, 0.4) is 0 Å². The number of carbonyl (C=O) groups is 1. The van der Waals surface area contributed by atoms with E-state index in [2.05, 4.69) is 4.98 Å². The standard InChI is InChI=1S/C20H17NO6S/c1-23-15-5-3-12(7-17(15)24-2)20-21-13(10-28-20)8-19(22)27-14-4-6-16-18(9-14)26-11-25-16/h3-7,9-10H,8,11H2,1-2H3. The van der Waals surface area contributed by atoms with Crippen molar-refractivity contribution in [1.29, 1.82) is 0 Å². The highest BCUT2D eigenvalue weighted by Gasteiger charge is 2.16. The molecule has 0 radical (unpaired) electrons. The summed E-state index contributed by atoms with van der Waals surface area (Å²) in [6.07, 6.45) is 0.0677. The van der Waals surface area contributed by atoms with Crippen LogP contribution in [0.4, 0.5) is 0 Å². The molecule has 7 nitrogen and oxygen atoms in total. The zero-order valence-corrected chi connectivity index (χ0v) is 16.1. The summed E-state index contributed by atoms with van der Waals surface area (Å²) < 4.78 is 26.5. The van der Waals surface area contributed by atoms with E-state index in [1.54, 1.807) is 32.4 Å². The molecule has 4 rings (SSSR count). The van der Waals surface area contributed by atoms with Gasteiger partial charge in [0.25, 0.3) is 0 Å². The van der Waals surface area contributed by atoms with Gasteiger partial charge in [0.1, 0.15) is 10.8 Å². The fourth-order valence-corrected chi connectivity index (χ4v) is 3.56. The summed E-state index contributed by atoms with van der Waals surface area (Å²) in [7, 11) is 3.17. The summed E-state index contributed by atoms with van der Waals surface area (Å²) in [5, 5.41) is 2.62. The van der Waals surface area contributed by atoms with Crippen LogP contribution in [0.2, 0.25) is 0 Å². The minimum Gasteiger partial charge on any atom is -0.493 e. The lowest BCUT2D eigenvalue weighted by Gasteiger charge is -2.08. The molecular weight excluding hydrogens is 382 g/mol. The third-order valence-corrected chi connectivity index (χ3v) is 5.02. The third-order valence-electron chi connectivity index (χ3n) is 4.08. The summed E-state index contributed by atoms with van der Waals surface area (Å²) in [5.74, 6) is 2.48. The first kappa shape index (κ1) is 18.1. The predicted octanol–water partition coefficient (Wildman–Crippen LogP) is 3.70. The minimum absolute atomic E-state index is 0.0677. The topological polar surface area (TPSA) is 76.1 Å². The first-order chi connectivity index (χ1) is 13.7. The lowest BCUT2D eigenvalue weighted by Crippen LogP contribution is -2.11. The van der Waals surface area contributed by atoms with Gasteiger partial charge in [-0.05, 0) is 30.3 Å². The molecule has 0 unspecified atom stereocenters.